The van der Waals surface area contributed by atoms with Crippen molar-refractivity contribution >= 4 is 67.2 Å². The number of phenolic OH excluding ortho intramolecular Hbond substituents is 1. The third kappa shape index (κ3) is 5.60. The van der Waals surface area contributed by atoms with E-state index in [1.165, 1.54) is 12.3 Å². The minimum absolute atomic E-state index is 0.0862. The van der Waals surface area contributed by atoms with Crippen LogP contribution in [0.2, 0.25) is 10.0 Å². The molecule has 0 aliphatic heterocycles. The topological polar surface area (TPSA) is 70.9 Å². The van der Waals surface area contributed by atoms with Crippen molar-refractivity contribution in [3.8, 4) is 11.5 Å². The molecule has 0 aliphatic rings. The van der Waals surface area contributed by atoms with Gasteiger partial charge < -0.3 is 9.84 Å². The predicted molar refractivity (Wildman–Crippen MR) is 106 cm³/mol. The first kappa shape index (κ1) is 20.0. The first-order chi connectivity index (χ1) is 11.8. The molecule has 1 atom stereocenters. The molecule has 132 valence electrons. The summed E-state index contributed by atoms with van der Waals surface area (Å²) in [5, 5.41) is 14.3. The van der Waals surface area contributed by atoms with Crippen molar-refractivity contribution in [3.63, 3.8) is 0 Å². The number of nitrogens with one attached hydrogen (secondary N) is 1. The lowest BCUT2D eigenvalue weighted by molar-refractivity contribution is -0.127. The van der Waals surface area contributed by atoms with E-state index in [1.54, 1.807) is 31.2 Å². The molecule has 0 fully saturated rings. The van der Waals surface area contributed by atoms with E-state index < -0.39 is 12.0 Å². The molecular formula is C16H12Br2Cl2N2O3. The summed E-state index contributed by atoms with van der Waals surface area (Å²) >= 11 is 18.3. The van der Waals surface area contributed by atoms with Crippen molar-refractivity contribution < 1.29 is 14.6 Å². The van der Waals surface area contributed by atoms with Crippen LogP contribution in [0, 0.1) is 0 Å². The number of hydrazone groups is 1. The molecule has 2 aromatic rings. The van der Waals surface area contributed by atoms with Crippen molar-refractivity contribution in [2.24, 2.45) is 5.10 Å². The Balaban J connectivity index is 1.97. The Hall–Kier alpha value is -1.28. The van der Waals surface area contributed by atoms with Gasteiger partial charge in [-0.15, -0.1) is 0 Å². The van der Waals surface area contributed by atoms with Crippen molar-refractivity contribution in [1.82, 2.24) is 5.43 Å². The molecule has 0 aliphatic carbocycles. The van der Waals surface area contributed by atoms with Crippen LogP contribution in [0.4, 0.5) is 0 Å². The number of halogens is 4. The van der Waals surface area contributed by atoms with Crippen LogP contribution in [-0.4, -0.2) is 23.3 Å². The number of amides is 1. The summed E-state index contributed by atoms with van der Waals surface area (Å²) in [6.07, 6.45) is 0.628. The molecule has 2 aromatic carbocycles. The zero-order valence-corrected chi connectivity index (χ0v) is 17.4. The summed E-state index contributed by atoms with van der Waals surface area (Å²) in [6.45, 7) is 1.57. The zero-order chi connectivity index (χ0) is 18.6. The second-order valence-corrected chi connectivity index (χ2v) is 7.45. The maximum atomic E-state index is 12.0. The molecule has 0 bridgehead atoms. The van der Waals surface area contributed by atoms with Gasteiger partial charge in [0.25, 0.3) is 5.91 Å². The fourth-order valence-electron chi connectivity index (χ4n) is 1.74. The number of carbonyl (C=O) groups excluding carboxylic acids is 1. The SMILES string of the molecule is C[C@@H](Oc1ccc(Cl)cc1Cl)C(=O)N/N=C/c1cc(Br)c(O)c(Br)c1. The molecule has 2 N–H and O–H groups in total. The first-order valence-corrected chi connectivity index (χ1v) is 9.24. The standard InChI is InChI=1S/C16H12Br2Cl2N2O3/c1-8(25-14-3-2-10(19)6-13(14)20)16(24)22-21-7-9-4-11(17)15(23)12(18)5-9/h2-8,23H,1H3,(H,22,24)/b21-7+/t8-/m1/s1. The fraction of sp³-hybridized carbons (Fsp3) is 0.125. The van der Waals surface area contributed by atoms with Crippen LogP contribution in [0.15, 0.2) is 44.4 Å². The van der Waals surface area contributed by atoms with Crippen LogP contribution in [0.25, 0.3) is 0 Å². The Morgan fingerprint density at radius 3 is 2.52 bits per heavy atom. The summed E-state index contributed by atoms with van der Waals surface area (Å²) in [7, 11) is 0. The van der Waals surface area contributed by atoms with Gasteiger partial charge in [-0.05, 0) is 74.7 Å². The summed E-state index contributed by atoms with van der Waals surface area (Å²) in [6, 6.07) is 8.05. The van der Waals surface area contributed by atoms with Gasteiger partial charge in [-0.1, -0.05) is 23.2 Å². The van der Waals surface area contributed by atoms with Crippen LogP contribution in [-0.2, 0) is 4.79 Å². The monoisotopic (exact) mass is 508 g/mol. The van der Waals surface area contributed by atoms with E-state index in [1.807, 2.05) is 0 Å². The minimum atomic E-state index is -0.811. The molecule has 0 saturated heterocycles. The molecule has 2 rings (SSSR count). The quantitative estimate of drug-likeness (QED) is 0.432. The number of phenols is 1. The Labute approximate surface area is 171 Å². The fourth-order valence-corrected chi connectivity index (χ4v) is 3.41. The van der Waals surface area contributed by atoms with Crippen LogP contribution in [0.5, 0.6) is 11.5 Å². The van der Waals surface area contributed by atoms with Gasteiger partial charge in [-0.3, -0.25) is 4.79 Å². The lowest BCUT2D eigenvalue weighted by Crippen LogP contribution is -2.33. The lowest BCUT2D eigenvalue weighted by Gasteiger charge is -2.14. The smallest absolute Gasteiger partial charge is 0.280 e. The highest BCUT2D eigenvalue weighted by atomic mass is 79.9. The molecule has 5 nitrogen and oxygen atoms in total. The molecule has 0 spiro atoms. The van der Waals surface area contributed by atoms with E-state index in [9.17, 15) is 9.90 Å². The summed E-state index contributed by atoms with van der Waals surface area (Å²) in [4.78, 5) is 12.0. The Morgan fingerprint density at radius 2 is 1.92 bits per heavy atom. The van der Waals surface area contributed by atoms with Crippen LogP contribution >= 0.6 is 55.1 Å². The summed E-state index contributed by atoms with van der Waals surface area (Å²) in [5.41, 5.74) is 3.05. The van der Waals surface area contributed by atoms with E-state index in [0.29, 0.717) is 30.3 Å². The van der Waals surface area contributed by atoms with E-state index in [0.717, 1.165) is 0 Å². The number of aromatic hydroxyl groups is 1. The van der Waals surface area contributed by atoms with Gasteiger partial charge in [0.2, 0.25) is 0 Å². The molecule has 1 amide bonds. The van der Waals surface area contributed by atoms with Crippen molar-refractivity contribution in [2.75, 3.05) is 0 Å². The van der Waals surface area contributed by atoms with Crippen LogP contribution in [0.3, 0.4) is 0 Å². The number of benzene rings is 2. The summed E-state index contributed by atoms with van der Waals surface area (Å²) in [5.74, 6) is -0.00804. The van der Waals surface area contributed by atoms with Gasteiger partial charge in [0.05, 0.1) is 20.2 Å². The molecule has 0 aromatic heterocycles. The van der Waals surface area contributed by atoms with E-state index in [4.69, 9.17) is 27.9 Å². The highest BCUT2D eigenvalue weighted by molar-refractivity contribution is 9.11. The molecule has 9 heteroatoms. The largest absolute Gasteiger partial charge is 0.506 e. The van der Waals surface area contributed by atoms with E-state index in [2.05, 4.69) is 42.4 Å². The third-order valence-corrected chi connectivity index (χ3v) is 4.73. The Bertz CT molecular complexity index is 808. The highest BCUT2D eigenvalue weighted by Crippen LogP contribution is 2.32. The number of hydrogen-bond donors (Lipinski definition) is 2. The second kappa shape index (κ2) is 8.89. The first-order valence-electron chi connectivity index (χ1n) is 6.90. The normalized spacial score (nSPS) is 12.2. The molecule has 25 heavy (non-hydrogen) atoms. The summed E-state index contributed by atoms with van der Waals surface area (Å²) < 4.78 is 6.50. The van der Waals surface area contributed by atoms with Crippen molar-refractivity contribution in [2.45, 2.75) is 13.0 Å². The lowest BCUT2D eigenvalue weighted by atomic mass is 10.2. The second-order valence-electron chi connectivity index (χ2n) is 4.90. The molecular weight excluding hydrogens is 499 g/mol. The maximum Gasteiger partial charge on any atom is 0.280 e. The average Bonchev–Trinajstić information content (AvgIpc) is 2.54. The maximum absolute atomic E-state index is 12.0. The van der Waals surface area contributed by atoms with Gasteiger partial charge >= 0.3 is 0 Å². The Kier molecular flexibility index (Phi) is 7.13. The Morgan fingerprint density at radius 1 is 1.28 bits per heavy atom. The number of hydrogen-bond acceptors (Lipinski definition) is 4. The predicted octanol–water partition coefficient (Wildman–Crippen LogP) is 5.14. The highest BCUT2D eigenvalue weighted by Gasteiger charge is 2.15. The van der Waals surface area contributed by atoms with E-state index >= 15 is 0 Å². The van der Waals surface area contributed by atoms with Crippen LogP contribution < -0.4 is 10.2 Å². The van der Waals surface area contributed by atoms with Crippen molar-refractivity contribution in [3.05, 3.63) is 54.9 Å². The van der Waals surface area contributed by atoms with E-state index in [-0.39, 0.29) is 5.75 Å². The van der Waals surface area contributed by atoms with Gasteiger partial charge in [0, 0.05) is 5.02 Å². The van der Waals surface area contributed by atoms with Gasteiger partial charge in [-0.25, -0.2) is 5.43 Å². The average molecular weight is 511 g/mol. The number of carbonyl (C=O) groups is 1. The minimum Gasteiger partial charge on any atom is -0.506 e. The molecule has 0 unspecified atom stereocenters. The molecule has 0 saturated carbocycles. The number of rotatable bonds is 5. The molecule has 0 heterocycles. The van der Waals surface area contributed by atoms with Gasteiger partial charge in [0.1, 0.15) is 11.5 Å². The van der Waals surface area contributed by atoms with Crippen molar-refractivity contribution in [1.29, 1.82) is 0 Å². The van der Waals surface area contributed by atoms with Gasteiger partial charge in [-0.2, -0.15) is 5.10 Å². The number of ether oxygens (including phenoxy) is 1. The third-order valence-electron chi connectivity index (χ3n) is 2.99. The van der Waals surface area contributed by atoms with Crippen LogP contribution in [0.1, 0.15) is 12.5 Å². The number of nitrogens with zero attached hydrogens (tertiary/aromatic N) is 1. The molecule has 0 radical (unpaired) electrons. The van der Waals surface area contributed by atoms with Gasteiger partial charge in [0.15, 0.2) is 6.10 Å². The zero-order valence-electron chi connectivity index (χ0n) is 12.8.